The normalized spacial score (nSPS) is 10.4. The fourth-order valence-electron chi connectivity index (χ4n) is 2.08. The third-order valence-corrected chi connectivity index (χ3v) is 4.25. The van der Waals surface area contributed by atoms with Gasteiger partial charge in [0.25, 0.3) is 0 Å². The average molecular weight is 305 g/mol. The van der Waals surface area contributed by atoms with Gasteiger partial charge in [0.2, 0.25) is 0 Å². The second-order valence-electron chi connectivity index (χ2n) is 4.53. The molecule has 112 valence electrons. The van der Waals surface area contributed by atoms with Crippen molar-refractivity contribution in [2.24, 2.45) is 0 Å². The van der Waals surface area contributed by atoms with Crippen molar-refractivity contribution in [3.63, 3.8) is 0 Å². The molecule has 1 heterocycles. The van der Waals surface area contributed by atoms with E-state index in [0.29, 0.717) is 11.5 Å². The van der Waals surface area contributed by atoms with Gasteiger partial charge in [0.05, 0.1) is 0 Å². The first-order chi connectivity index (χ1) is 10.1. The van der Waals surface area contributed by atoms with Crippen molar-refractivity contribution < 1.29 is 14.6 Å². The molecule has 0 aliphatic rings. The highest BCUT2D eigenvalue weighted by Crippen LogP contribution is 2.23. The SMILES string of the molecule is CCN(CC)c1cccc(OCc2ccc(C(=O)O)s2)c1. The lowest BCUT2D eigenvalue weighted by atomic mass is 10.2. The van der Waals surface area contributed by atoms with Crippen LogP contribution < -0.4 is 9.64 Å². The van der Waals surface area contributed by atoms with Crippen LogP contribution in [-0.4, -0.2) is 24.2 Å². The summed E-state index contributed by atoms with van der Waals surface area (Å²) in [5.74, 6) is -0.0977. The lowest BCUT2D eigenvalue weighted by Gasteiger charge is -2.21. The highest BCUT2D eigenvalue weighted by molar-refractivity contribution is 7.13. The summed E-state index contributed by atoms with van der Waals surface area (Å²) in [5.41, 5.74) is 1.13. The molecule has 0 aliphatic heterocycles. The van der Waals surface area contributed by atoms with Crippen molar-refractivity contribution in [3.05, 3.63) is 46.2 Å². The number of ether oxygens (including phenoxy) is 1. The smallest absolute Gasteiger partial charge is 0.345 e. The topological polar surface area (TPSA) is 49.8 Å². The largest absolute Gasteiger partial charge is 0.488 e. The molecule has 2 rings (SSSR count). The van der Waals surface area contributed by atoms with Crippen LogP contribution in [0, 0.1) is 0 Å². The zero-order valence-corrected chi connectivity index (χ0v) is 13.0. The summed E-state index contributed by atoms with van der Waals surface area (Å²) in [6, 6.07) is 11.4. The summed E-state index contributed by atoms with van der Waals surface area (Å²) in [6.45, 7) is 6.53. The van der Waals surface area contributed by atoms with E-state index in [2.05, 4.69) is 24.8 Å². The number of aromatic carboxylic acids is 1. The zero-order valence-electron chi connectivity index (χ0n) is 12.2. The first-order valence-electron chi connectivity index (χ1n) is 6.93. The third kappa shape index (κ3) is 3.98. The van der Waals surface area contributed by atoms with Crippen LogP contribution in [0.5, 0.6) is 5.75 Å². The number of nitrogens with zero attached hydrogens (tertiary/aromatic N) is 1. The van der Waals surface area contributed by atoms with Crippen molar-refractivity contribution in [3.8, 4) is 5.75 Å². The molecular formula is C16H19NO3S. The van der Waals surface area contributed by atoms with Crippen molar-refractivity contribution >= 4 is 23.0 Å². The second-order valence-corrected chi connectivity index (χ2v) is 5.70. The maximum absolute atomic E-state index is 10.8. The minimum atomic E-state index is -0.894. The number of carboxylic acid groups (broad SMARTS) is 1. The Balaban J connectivity index is 2.02. The lowest BCUT2D eigenvalue weighted by molar-refractivity contribution is 0.0702. The van der Waals surface area contributed by atoms with Crippen LogP contribution in [-0.2, 0) is 6.61 Å². The molecule has 2 aromatic rings. The van der Waals surface area contributed by atoms with Crippen molar-refractivity contribution in [2.45, 2.75) is 20.5 Å². The molecule has 0 saturated heterocycles. The van der Waals surface area contributed by atoms with Gasteiger partial charge in [-0.25, -0.2) is 4.79 Å². The van der Waals surface area contributed by atoms with E-state index in [1.165, 1.54) is 11.3 Å². The van der Waals surface area contributed by atoms with Gasteiger partial charge < -0.3 is 14.7 Å². The maximum Gasteiger partial charge on any atom is 0.345 e. The van der Waals surface area contributed by atoms with Crippen LogP contribution in [0.3, 0.4) is 0 Å². The van der Waals surface area contributed by atoms with E-state index in [9.17, 15) is 4.79 Å². The van der Waals surface area contributed by atoms with Crippen LogP contribution >= 0.6 is 11.3 Å². The first kappa shape index (κ1) is 15.4. The lowest BCUT2D eigenvalue weighted by Crippen LogP contribution is -2.21. The Kier molecular flexibility index (Phi) is 5.22. The molecule has 1 N–H and O–H groups in total. The Bertz CT molecular complexity index is 605. The summed E-state index contributed by atoms with van der Waals surface area (Å²) in [6.07, 6.45) is 0. The number of benzene rings is 1. The minimum Gasteiger partial charge on any atom is -0.488 e. The van der Waals surface area contributed by atoms with E-state index in [0.717, 1.165) is 29.4 Å². The maximum atomic E-state index is 10.8. The van der Waals surface area contributed by atoms with Crippen LogP contribution in [0.2, 0.25) is 0 Å². The third-order valence-electron chi connectivity index (χ3n) is 3.20. The first-order valence-corrected chi connectivity index (χ1v) is 7.75. The van der Waals surface area contributed by atoms with Gasteiger partial charge in [0, 0.05) is 29.7 Å². The van der Waals surface area contributed by atoms with E-state index in [1.807, 2.05) is 18.2 Å². The van der Waals surface area contributed by atoms with Gasteiger partial charge in [-0.05, 0) is 38.1 Å². The number of carboxylic acids is 1. The molecule has 4 nitrogen and oxygen atoms in total. The van der Waals surface area contributed by atoms with E-state index >= 15 is 0 Å². The number of anilines is 1. The molecule has 1 aromatic carbocycles. The van der Waals surface area contributed by atoms with E-state index in [1.54, 1.807) is 12.1 Å². The number of hydrogen-bond donors (Lipinski definition) is 1. The summed E-state index contributed by atoms with van der Waals surface area (Å²) in [4.78, 5) is 14.3. The Morgan fingerprint density at radius 3 is 2.62 bits per heavy atom. The van der Waals surface area contributed by atoms with Gasteiger partial charge >= 0.3 is 5.97 Å². The van der Waals surface area contributed by atoms with E-state index in [-0.39, 0.29) is 0 Å². The molecular weight excluding hydrogens is 286 g/mol. The van der Waals surface area contributed by atoms with Gasteiger partial charge in [-0.2, -0.15) is 0 Å². The molecule has 0 saturated carbocycles. The molecule has 0 amide bonds. The van der Waals surface area contributed by atoms with Crippen LogP contribution in [0.25, 0.3) is 0 Å². The zero-order chi connectivity index (χ0) is 15.2. The molecule has 0 atom stereocenters. The molecule has 5 heteroatoms. The predicted molar refractivity (Wildman–Crippen MR) is 85.6 cm³/mol. The van der Waals surface area contributed by atoms with Gasteiger partial charge in [-0.3, -0.25) is 0 Å². The molecule has 0 bridgehead atoms. The second kappa shape index (κ2) is 7.13. The van der Waals surface area contributed by atoms with E-state index < -0.39 is 5.97 Å². The molecule has 0 radical (unpaired) electrons. The van der Waals surface area contributed by atoms with E-state index in [4.69, 9.17) is 9.84 Å². The highest BCUT2D eigenvalue weighted by atomic mass is 32.1. The Morgan fingerprint density at radius 1 is 1.24 bits per heavy atom. The molecule has 0 aliphatic carbocycles. The Hall–Kier alpha value is -2.01. The van der Waals surface area contributed by atoms with Crippen molar-refractivity contribution in [2.75, 3.05) is 18.0 Å². The van der Waals surface area contributed by atoms with Gasteiger partial charge in [0.1, 0.15) is 17.2 Å². The fraction of sp³-hybridized carbons (Fsp3) is 0.312. The summed E-state index contributed by atoms with van der Waals surface area (Å²) < 4.78 is 5.76. The standard InChI is InChI=1S/C16H19NO3S/c1-3-17(4-2)12-6-5-7-13(10-12)20-11-14-8-9-15(21-14)16(18)19/h5-10H,3-4,11H2,1-2H3,(H,18,19). The molecule has 1 aromatic heterocycles. The van der Waals surface area contributed by atoms with Crippen molar-refractivity contribution in [1.82, 2.24) is 0 Å². The Morgan fingerprint density at radius 2 is 2.00 bits per heavy atom. The molecule has 0 spiro atoms. The minimum absolute atomic E-state index is 0.338. The molecule has 0 unspecified atom stereocenters. The summed E-state index contributed by atoms with van der Waals surface area (Å²) in [5, 5.41) is 8.90. The van der Waals surface area contributed by atoms with Crippen LogP contribution in [0.15, 0.2) is 36.4 Å². The number of carbonyl (C=O) groups is 1. The average Bonchev–Trinajstić information content (AvgIpc) is 2.96. The van der Waals surface area contributed by atoms with Gasteiger partial charge in [0.15, 0.2) is 0 Å². The summed E-state index contributed by atoms with van der Waals surface area (Å²) in [7, 11) is 0. The number of rotatable bonds is 7. The van der Waals surface area contributed by atoms with Crippen LogP contribution in [0.1, 0.15) is 28.4 Å². The fourth-order valence-corrected chi connectivity index (χ4v) is 2.84. The monoisotopic (exact) mass is 305 g/mol. The summed E-state index contributed by atoms with van der Waals surface area (Å²) >= 11 is 1.24. The Labute approximate surface area is 128 Å². The van der Waals surface area contributed by atoms with Gasteiger partial charge in [-0.15, -0.1) is 11.3 Å². The number of hydrogen-bond acceptors (Lipinski definition) is 4. The molecule has 0 fully saturated rings. The van der Waals surface area contributed by atoms with Crippen LogP contribution in [0.4, 0.5) is 5.69 Å². The molecule has 21 heavy (non-hydrogen) atoms. The van der Waals surface area contributed by atoms with Crippen molar-refractivity contribution in [1.29, 1.82) is 0 Å². The number of thiophene rings is 1. The quantitative estimate of drug-likeness (QED) is 0.843. The highest BCUT2D eigenvalue weighted by Gasteiger charge is 2.08. The van der Waals surface area contributed by atoms with Gasteiger partial charge in [-0.1, -0.05) is 6.07 Å². The predicted octanol–water partition coefficient (Wildman–Crippen LogP) is 3.87.